The summed E-state index contributed by atoms with van der Waals surface area (Å²) in [4.78, 5) is 10.4. The second-order valence-corrected chi connectivity index (χ2v) is 8.75. The number of halogens is 3. The third-order valence-electron chi connectivity index (χ3n) is 4.95. The molecule has 1 aromatic heterocycles. The Morgan fingerprint density at radius 2 is 1.77 bits per heavy atom. The first kappa shape index (κ1) is 21.1. The zero-order valence-electron chi connectivity index (χ0n) is 16.3. The van der Waals surface area contributed by atoms with Crippen LogP contribution in [0.1, 0.15) is 11.1 Å². The first-order valence-corrected chi connectivity index (χ1v) is 10.8. The molecule has 1 aliphatic heterocycles. The van der Waals surface area contributed by atoms with E-state index in [1.807, 2.05) is 4.90 Å². The highest BCUT2D eigenvalue weighted by Crippen LogP contribution is 2.36. The third kappa shape index (κ3) is 4.32. The monoisotopic (exact) mass is 449 g/mol. The van der Waals surface area contributed by atoms with Crippen LogP contribution in [0.3, 0.4) is 0 Å². The zero-order valence-corrected chi connectivity index (χ0v) is 17.1. The molecule has 2 heterocycles. The molecule has 0 spiro atoms. The van der Waals surface area contributed by atoms with Crippen molar-refractivity contribution in [1.82, 2.24) is 14.7 Å². The summed E-state index contributed by atoms with van der Waals surface area (Å²) in [5.41, 5.74) is 1.44. The fraction of sp³-hybridized carbons (Fsp3) is 0.200. The number of nitrogens with zero attached hydrogens (tertiary/aromatic N) is 3. The molecule has 2 N–H and O–H groups in total. The van der Waals surface area contributed by atoms with Crippen molar-refractivity contribution < 1.29 is 21.6 Å². The minimum atomic E-state index is -4.40. The molecular formula is C20H18F3N5O2S. The number of benzene rings is 2. The molecule has 0 radical (unpaired) electrons. The first-order chi connectivity index (χ1) is 14.7. The smallest absolute Gasteiger partial charge is 0.340 e. The van der Waals surface area contributed by atoms with E-state index in [0.29, 0.717) is 23.9 Å². The van der Waals surface area contributed by atoms with Gasteiger partial charge in [0.1, 0.15) is 18.0 Å². The van der Waals surface area contributed by atoms with E-state index < -0.39 is 21.8 Å². The predicted octanol–water partition coefficient (Wildman–Crippen LogP) is 3.84. The van der Waals surface area contributed by atoms with E-state index in [-0.39, 0.29) is 4.90 Å². The Morgan fingerprint density at radius 3 is 2.45 bits per heavy atom. The van der Waals surface area contributed by atoms with E-state index in [0.717, 1.165) is 29.8 Å². The Hall–Kier alpha value is -3.18. The number of aromatic nitrogens is 2. The molecule has 3 aromatic rings. The molecule has 7 nitrogen and oxygen atoms in total. The van der Waals surface area contributed by atoms with Gasteiger partial charge in [0.15, 0.2) is 0 Å². The first-order valence-electron chi connectivity index (χ1n) is 9.28. The van der Waals surface area contributed by atoms with Crippen LogP contribution in [0, 0.1) is 0 Å². The van der Waals surface area contributed by atoms with Gasteiger partial charge in [-0.25, -0.2) is 23.1 Å². The number of alkyl halides is 3. The van der Waals surface area contributed by atoms with Gasteiger partial charge in [-0.05, 0) is 55.4 Å². The molecule has 4 rings (SSSR count). The summed E-state index contributed by atoms with van der Waals surface area (Å²) < 4.78 is 64.8. The number of sulfonamides is 1. The number of hydrogen-bond donors (Lipinski definition) is 2. The molecule has 2 aromatic carbocycles. The predicted molar refractivity (Wildman–Crippen MR) is 110 cm³/mol. The van der Waals surface area contributed by atoms with Crippen molar-refractivity contribution in [3.8, 4) is 0 Å². The van der Waals surface area contributed by atoms with Crippen molar-refractivity contribution in [1.29, 1.82) is 0 Å². The second kappa shape index (κ2) is 7.82. The Balaban J connectivity index is 1.60. The molecule has 0 saturated heterocycles. The maximum absolute atomic E-state index is 12.7. The maximum Gasteiger partial charge on any atom is 0.416 e. The van der Waals surface area contributed by atoms with E-state index in [1.54, 1.807) is 24.3 Å². The molecule has 0 bridgehead atoms. The van der Waals surface area contributed by atoms with Gasteiger partial charge in [0.25, 0.3) is 0 Å². The number of hydrogen-bond acceptors (Lipinski definition) is 6. The van der Waals surface area contributed by atoms with Crippen molar-refractivity contribution in [3.05, 3.63) is 66.0 Å². The summed E-state index contributed by atoms with van der Waals surface area (Å²) in [6, 6.07) is 11.2. The Morgan fingerprint density at radius 1 is 1.03 bits per heavy atom. The molecule has 162 valence electrons. The van der Waals surface area contributed by atoms with Crippen molar-refractivity contribution in [2.24, 2.45) is 0 Å². The highest BCUT2D eigenvalue weighted by Gasteiger charge is 2.30. The number of anilines is 4. The summed E-state index contributed by atoms with van der Waals surface area (Å²) in [6.45, 7) is 0.606. The quantitative estimate of drug-likeness (QED) is 0.616. The van der Waals surface area contributed by atoms with E-state index >= 15 is 0 Å². The lowest BCUT2D eigenvalue weighted by molar-refractivity contribution is -0.137. The fourth-order valence-electron chi connectivity index (χ4n) is 3.34. The van der Waals surface area contributed by atoms with Crippen LogP contribution in [-0.2, 0) is 22.6 Å². The maximum atomic E-state index is 12.7. The van der Waals surface area contributed by atoms with Gasteiger partial charge in [-0.2, -0.15) is 13.2 Å². The normalized spacial score (nSPS) is 13.9. The van der Waals surface area contributed by atoms with Crippen molar-refractivity contribution in [2.75, 3.05) is 23.8 Å². The molecule has 0 atom stereocenters. The minimum Gasteiger partial charge on any atom is -0.340 e. The molecule has 0 unspecified atom stereocenters. The molecule has 0 amide bonds. The molecule has 31 heavy (non-hydrogen) atoms. The average Bonchev–Trinajstić information content (AvgIpc) is 3.17. The van der Waals surface area contributed by atoms with Crippen LogP contribution >= 0.6 is 0 Å². The van der Waals surface area contributed by atoms with Crippen LogP contribution in [0.4, 0.5) is 36.2 Å². The van der Waals surface area contributed by atoms with Gasteiger partial charge >= 0.3 is 6.18 Å². The highest BCUT2D eigenvalue weighted by molar-refractivity contribution is 7.89. The summed E-state index contributed by atoms with van der Waals surface area (Å²) in [7, 11) is -2.24. The third-order valence-corrected chi connectivity index (χ3v) is 6.36. The SMILES string of the molecule is CNS(=O)(=O)c1ccc2c(c1)N(c1cc(Nc3ccc(C(F)(F)F)cc3)ncn1)CC2. The lowest BCUT2D eigenvalue weighted by Crippen LogP contribution is -2.19. The topological polar surface area (TPSA) is 87.2 Å². The van der Waals surface area contributed by atoms with Gasteiger partial charge in [0, 0.05) is 24.0 Å². The van der Waals surface area contributed by atoms with Crippen LogP contribution in [-0.4, -0.2) is 32.0 Å². The molecular weight excluding hydrogens is 431 g/mol. The summed E-state index contributed by atoms with van der Waals surface area (Å²) >= 11 is 0. The van der Waals surface area contributed by atoms with E-state index in [4.69, 9.17) is 0 Å². The van der Waals surface area contributed by atoms with Gasteiger partial charge in [-0.15, -0.1) is 0 Å². The molecule has 0 saturated carbocycles. The Bertz CT molecular complexity index is 1210. The van der Waals surface area contributed by atoms with Gasteiger partial charge < -0.3 is 10.2 Å². The number of fused-ring (bicyclic) bond motifs is 1. The molecule has 0 aliphatic carbocycles. The van der Waals surface area contributed by atoms with Crippen LogP contribution in [0.5, 0.6) is 0 Å². The van der Waals surface area contributed by atoms with E-state index in [9.17, 15) is 21.6 Å². The highest BCUT2D eigenvalue weighted by atomic mass is 32.2. The van der Waals surface area contributed by atoms with E-state index in [2.05, 4.69) is 20.0 Å². The second-order valence-electron chi connectivity index (χ2n) is 6.86. The van der Waals surface area contributed by atoms with Crippen LogP contribution in [0.25, 0.3) is 0 Å². The molecule has 0 fully saturated rings. The van der Waals surface area contributed by atoms with Crippen molar-refractivity contribution in [2.45, 2.75) is 17.5 Å². The van der Waals surface area contributed by atoms with Crippen LogP contribution < -0.4 is 14.9 Å². The number of nitrogens with one attached hydrogen (secondary N) is 2. The fourth-order valence-corrected chi connectivity index (χ4v) is 4.09. The van der Waals surface area contributed by atoms with Gasteiger partial charge in [0.2, 0.25) is 10.0 Å². The number of rotatable bonds is 5. The average molecular weight is 449 g/mol. The Kier molecular flexibility index (Phi) is 5.31. The van der Waals surface area contributed by atoms with Gasteiger partial charge in [0.05, 0.1) is 10.5 Å². The molecule has 1 aliphatic rings. The van der Waals surface area contributed by atoms with Gasteiger partial charge in [-0.1, -0.05) is 6.07 Å². The van der Waals surface area contributed by atoms with Crippen LogP contribution in [0.2, 0.25) is 0 Å². The largest absolute Gasteiger partial charge is 0.416 e. The van der Waals surface area contributed by atoms with Gasteiger partial charge in [-0.3, -0.25) is 0 Å². The standard InChI is InChI=1S/C20H18F3N5O2S/c1-24-31(29,30)16-7-2-13-8-9-28(17(13)10-16)19-11-18(25-12-26-19)27-15-5-3-14(4-6-15)20(21,22)23/h2-7,10-12,24H,8-9H2,1H3,(H,25,26,27). The summed E-state index contributed by atoms with van der Waals surface area (Å²) in [5, 5.41) is 2.96. The molecule has 11 heteroatoms. The van der Waals surface area contributed by atoms with Crippen molar-refractivity contribution >= 4 is 33.0 Å². The van der Waals surface area contributed by atoms with E-state index in [1.165, 1.54) is 25.5 Å². The van der Waals surface area contributed by atoms with Crippen LogP contribution in [0.15, 0.2) is 59.8 Å². The Labute approximate surface area is 177 Å². The zero-order chi connectivity index (χ0) is 22.2. The van der Waals surface area contributed by atoms with Crippen molar-refractivity contribution in [3.63, 3.8) is 0 Å². The summed E-state index contributed by atoms with van der Waals surface area (Å²) in [6.07, 6.45) is -2.34. The lowest BCUT2D eigenvalue weighted by atomic mass is 10.2. The summed E-state index contributed by atoms with van der Waals surface area (Å²) in [5.74, 6) is 0.944. The minimum absolute atomic E-state index is 0.151. The lowest BCUT2D eigenvalue weighted by Gasteiger charge is -2.19.